The van der Waals surface area contributed by atoms with Gasteiger partial charge in [-0.25, -0.2) is 0 Å². The molecule has 2 atom stereocenters. The Morgan fingerprint density at radius 3 is 3.00 bits per heavy atom. The van der Waals surface area contributed by atoms with E-state index in [0.717, 1.165) is 0 Å². The lowest BCUT2D eigenvalue weighted by Gasteiger charge is -2.06. The normalized spacial score (nSPS) is 19.0. The average molecular weight is 272 g/mol. The van der Waals surface area contributed by atoms with Gasteiger partial charge in [0.05, 0.1) is 21.4 Å². The highest BCUT2D eigenvalue weighted by atomic mass is 32.2. The van der Waals surface area contributed by atoms with Gasteiger partial charge in [0, 0.05) is 18.0 Å². The quantitative estimate of drug-likeness (QED) is 0.659. The Morgan fingerprint density at radius 2 is 2.32 bits per heavy atom. The van der Waals surface area contributed by atoms with Gasteiger partial charge < -0.3 is 0 Å². The maximum absolute atomic E-state index is 12.0. The van der Waals surface area contributed by atoms with E-state index in [0.29, 0.717) is 12.0 Å². The summed E-state index contributed by atoms with van der Waals surface area (Å²) < 4.78 is 15.7. The number of hydrogen-bond donors (Lipinski definition) is 1. The molecule has 1 aromatic heterocycles. The molecule has 1 aliphatic carbocycles. The van der Waals surface area contributed by atoms with Crippen LogP contribution in [0.25, 0.3) is 0 Å². The fourth-order valence-corrected chi connectivity index (χ4v) is 2.58. The molecule has 1 aromatic rings. The second-order valence-corrected chi connectivity index (χ2v) is 5.40. The maximum atomic E-state index is 12.0. The van der Waals surface area contributed by atoms with Crippen molar-refractivity contribution in [1.82, 2.24) is 4.98 Å². The fourth-order valence-electron chi connectivity index (χ4n) is 1.59. The first kappa shape index (κ1) is 13.2. The Kier molecular flexibility index (Phi) is 4.26. The first-order valence-corrected chi connectivity index (χ1v) is 6.96. The molecule has 2 unspecified atom stereocenters. The third kappa shape index (κ3) is 3.39. The van der Waals surface area contributed by atoms with Crippen LogP contribution in [0.15, 0.2) is 47.1 Å². The van der Waals surface area contributed by atoms with Gasteiger partial charge in [0.2, 0.25) is 0 Å². The smallest absolute Gasteiger partial charge is 0.266 e. The lowest BCUT2D eigenvalue weighted by atomic mass is 10.2. The van der Waals surface area contributed by atoms with Crippen molar-refractivity contribution in [2.75, 3.05) is 0 Å². The molecule has 96 valence electrons. The van der Waals surface area contributed by atoms with E-state index >= 15 is 0 Å². The second kappa shape index (κ2) is 6.12. The molecular weight excluding hydrogens is 260 g/mol. The Morgan fingerprint density at radius 1 is 1.47 bits per heavy atom. The van der Waals surface area contributed by atoms with Crippen LogP contribution in [0.1, 0.15) is 22.3 Å². The molecule has 0 aliphatic heterocycles. The zero-order valence-electron chi connectivity index (χ0n) is 10.1. The van der Waals surface area contributed by atoms with Crippen LogP contribution < -0.4 is 0 Å². The molecule has 1 aliphatic rings. The molecule has 0 bridgehead atoms. The SMILES string of the molecule is C#Cc1cncc(C(=O)N=[SH](=O)C2C=CC=CC2)c1. The van der Waals surface area contributed by atoms with Crippen molar-refractivity contribution in [3.8, 4) is 12.3 Å². The van der Waals surface area contributed by atoms with E-state index in [4.69, 9.17) is 6.42 Å². The zero-order chi connectivity index (χ0) is 13.7. The summed E-state index contributed by atoms with van der Waals surface area (Å²) in [4.78, 5) is 15.7. The highest BCUT2D eigenvalue weighted by Gasteiger charge is 2.10. The van der Waals surface area contributed by atoms with Gasteiger partial charge in [-0.2, -0.15) is 4.36 Å². The highest BCUT2D eigenvalue weighted by Crippen LogP contribution is 2.09. The van der Waals surface area contributed by atoms with Crippen molar-refractivity contribution < 1.29 is 9.00 Å². The molecule has 5 heteroatoms. The monoisotopic (exact) mass is 272 g/mol. The second-order valence-electron chi connectivity index (χ2n) is 3.93. The molecule has 0 aromatic carbocycles. The first-order valence-electron chi connectivity index (χ1n) is 5.68. The minimum atomic E-state index is -1.97. The minimum absolute atomic E-state index is 0.215. The van der Waals surface area contributed by atoms with Gasteiger partial charge in [-0.3, -0.25) is 14.0 Å². The summed E-state index contributed by atoms with van der Waals surface area (Å²) in [7, 11) is -1.97. The summed E-state index contributed by atoms with van der Waals surface area (Å²) >= 11 is 0. The van der Waals surface area contributed by atoms with Crippen molar-refractivity contribution in [3.05, 3.63) is 53.9 Å². The summed E-state index contributed by atoms with van der Waals surface area (Å²) in [5.74, 6) is 1.84. The van der Waals surface area contributed by atoms with Gasteiger partial charge in [0.1, 0.15) is 0 Å². The topological polar surface area (TPSA) is 59.4 Å². The van der Waals surface area contributed by atoms with E-state index in [1.807, 2.05) is 18.2 Å². The van der Waals surface area contributed by atoms with Crippen LogP contribution in [0.3, 0.4) is 0 Å². The minimum Gasteiger partial charge on any atom is -0.266 e. The van der Waals surface area contributed by atoms with Gasteiger partial charge in [-0.1, -0.05) is 30.2 Å². The number of thiol groups is 1. The number of amides is 1. The zero-order valence-corrected chi connectivity index (χ0v) is 11.0. The number of pyridine rings is 1. The Balaban J connectivity index is 2.20. The number of allylic oxidation sites excluding steroid dienone is 3. The van der Waals surface area contributed by atoms with Gasteiger partial charge in [0.25, 0.3) is 5.91 Å². The van der Waals surface area contributed by atoms with Gasteiger partial charge in [0.15, 0.2) is 0 Å². The van der Waals surface area contributed by atoms with Crippen molar-refractivity contribution in [3.63, 3.8) is 0 Å². The molecule has 0 spiro atoms. The fraction of sp³-hybridized carbons (Fsp3) is 0.143. The van der Waals surface area contributed by atoms with E-state index in [1.165, 1.54) is 18.5 Å². The standard InChI is InChI=1S/C14H12N2O2S/c1-2-11-8-12(10-15-9-11)14(17)16-19(18)13-6-4-3-5-7-13/h1,3-6,8-10,13,19H,7H2. The van der Waals surface area contributed by atoms with Gasteiger partial charge in [-0.15, -0.1) is 6.42 Å². The molecule has 0 fully saturated rings. The number of carbonyl (C=O) groups excluding carboxylic acids is 1. The predicted octanol–water partition coefficient (Wildman–Crippen LogP) is 1.75. The van der Waals surface area contributed by atoms with Crippen LogP contribution in [0, 0.1) is 12.3 Å². The third-order valence-corrected chi connectivity index (χ3v) is 3.91. The lowest BCUT2D eigenvalue weighted by molar-refractivity contribution is 0.100. The van der Waals surface area contributed by atoms with E-state index in [9.17, 15) is 9.00 Å². The number of terminal acetylenes is 1. The summed E-state index contributed by atoms with van der Waals surface area (Å²) in [6.07, 6.45) is 16.1. The van der Waals surface area contributed by atoms with Crippen LogP contribution in [0.4, 0.5) is 0 Å². The van der Waals surface area contributed by atoms with Crippen LogP contribution in [0.2, 0.25) is 0 Å². The number of aromatic nitrogens is 1. The summed E-state index contributed by atoms with van der Waals surface area (Å²) in [5, 5.41) is -0.215. The number of hydrogen-bond acceptors (Lipinski definition) is 3. The first-order chi connectivity index (χ1) is 9.20. The molecule has 1 heterocycles. The van der Waals surface area contributed by atoms with E-state index in [2.05, 4.69) is 15.3 Å². The molecule has 0 N–H and O–H groups in total. The van der Waals surface area contributed by atoms with Crippen LogP contribution in [0.5, 0.6) is 0 Å². The average Bonchev–Trinajstić information content (AvgIpc) is 2.48. The van der Waals surface area contributed by atoms with E-state index in [1.54, 1.807) is 6.08 Å². The molecule has 19 heavy (non-hydrogen) atoms. The third-order valence-electron chi connectivity index (χ3n) is 2.58. The highest BCUT2D eigenvalue weighted by molar-refractivity contribution is 7.76. The lowest BCUT2D eigenvalue weighted by Crippen LogP contribution is -2.08. The van der Waals surface area contributed by atoms with E-state index in [-0.39, 0.29) is 10.8 Å². The van der Waals surface area contributed by atoms with E-state index < -0.39 is 16.5 Å². The van der Waals surface area contributed by atoms with Crippen LogP contribution in [-0.4, -0.2) is 20.3 Å². The number of rotatable bonds is 2. The molecule has 4 nitrogen and oxygen atoms in total. The molecule has 1 amide bonds. The van der Waals surface area contributed by atoms with Crippen molar-refractivity contribution in [2.45, 2.75) is 11.7 Å². The maximum Gasteiger partial charge on any atom is 0.286 e. The van der Waals surface area contributed by atoms with Crippen molar-refractivity contribution in [1.29, 1.82) is 0 Å². The molecule has 0 saturated carbocycles. The Bertz CT molecular complexity index is 677. The molecule has 0 saturated heterocycles. The summed E-state index contributed by atoms with van der Waals surface area (Å²) in [6, 6.07) is 1.51. The molecular formula is C14H12N2O2S. The van der Waals surface area contributed by atoms with Gasteiger partial charge >= 0.3 is 0 Å². The van der Waals surface area contributed by atoms with Crippen molar-refractivity contribution >= 4 is 16.5 Å². The summed E-state index contributed by atoms with van der Waals surface area (Å²) in [6.45, 7) is 0. The largest absolute Gasteiger partial charge is 0.286 e. The van der Waals surface area contributed by atoms with Crippen LogP contribution in [-0.2, 0) is 10.6 Å². The van der Waals surface area contributed by atoms with Gasteiger partial charge in [-0.05, 0) is 12.5 Å². The van der Waals surface area contributed by atoms with Crippen LogP contribution >= 0.6 is 0 Å². The number of carbonyl (C=O) groups is 1. The Hall–Kier alpha value is -2.19. The predicted molar refractivity (Wildman–Crippen MR) is 75.2 cm³/mol. The molecule has 0 radical (unpaired) electrons. The summed E-state index contributed by atoms with van der Waals surface area (Å²) in [5.41, 5.74) is 0.755. The number of nitrogens with zero attached hydrogens (tertiary/aromatic N) is 2. The Labute approximate surface area is 113 Å². The molecule has 2 rings (SSSR count). The van der Waals surface area contributed by atoms with Crippen molar-refractivity contribution in [2.24, 2.45) is 4.36 Å².